The van der Waals surface area contributed by atoms with Gasteiger partial charge in [-0.25, -0.2) is 8.42 Å². The Morgan fingerprint density at radius 2 is 1.96 bits per heavy atom. The monoisotopic (exact) mass is 430 g/mol. The van der Waals surface area contributed by atoms with E-state index in [0.29, 0.717) is 16.4 Å². The summed E-state index contributed by atoms with van der Waals surface area (Å²) in [7, 11) is -3.63. The van der Waals surface area contributed by atoms with Crippen molar-refractivity contribution < 1.29 is 13.2 Å². The Kier molecular flexibility index (Phi) is 5.90. The molecule has 24 heavy (non-hydrogen) atoms. The molecule has 2 aromatic rings. The summed E-state index contributed by atoms with van der Waals surface area (Å²) in [5.41, 5.74) is 1.90. The Morgan fingerprint density at radius 3 is 2.54 bits per heavy atom. The molecule has 8 heteroatoms. The topological polar surface area (TPSA) is 66.5 Å². The van der Waals surface area contributed by atoms with E-state index in [0.717, 1.165) is 20.6 Å². The molecule has 0 saturated heterocycles. The number of hydrogen-bond acceptors (Lipinski definition) is 3. The van der Waals surface area contributed by atoms with E-state index in [-0.39, 0.29) is 6.54 Å². The van der Waals surface area contributed by atoms with Gasteiger partial charge in [-0.05, 0) is 48.9 Å². The average molecular weight is 432 g/mol. The number of rotatable bonds is 5. The van der Waals surface area contributed by atoms with Crippen LogP contribution in [0.1, 0.15) is 5.56 Å². The summed E-state index contributed by atoms with van der Waals surface area (Å²) in [6.45, 7) is 1.56. The molecule has 0 aliphatic heterocycles. The predicted octanol–water partition coefficient (Wildman–Crippen LogP) is 3.82. The third kappa shape index (κ3) is 4.96. The Bertz CT molecular complexity index is 871. The Balaban J connectivity index is 2.20. The lowest BCUT2D eigenvalue weighted by Gasteiger charge is -2.22. The molecule has 0 fully saturated rings. The van der Waals surface area contributed by atoms with Gasteiger partial charge in [-0.2, -0.15) is 0 Å². The van der Waals surface area contributed by atoms with Gasteiger partial charge in [0.1, 0.15) is 6.54 Å². The number of amides is 1. The van der Waals surface area contributed by atoms with Crippen molar-refractivity contribution >= 4 is 54.8 Å². The lowest BCUT2D eigenvalue weighted by Crippen LogP contribution is -2.37. The van der Waals surface area contributed by atoms with Crippen molar-refractivity contribution in [2.45, 2.75) is 6.92 Å². The smallest absolute Gasteiger partial charge is 0.245 e. The van der Waals surface area contributed by atoms with E-state index < -0.39 is 15.9 Å². The van der Waals surface area contributed by atoms with Crippen molar-refractivity contribution in [2.24, 2.45) is 0 Å². The summed E-state index contributed by atoms with van der Waals surface area (Å²) in [5.74, 6) is -0.442. The van der Waals surface area contributed by atoms with Crippen LogP contribution in [0.3, 0.4) is 0 Å². The molecule has 0 spiro atoms. The zero-order valence-corrected chi connectivity index (χ0v) is 16.2. The fraction of sp³-hybridized carbons (Fsp3) is 0.188. The van der Waals surface area contributed by atoms with Crippen molar-refractivity contribution in [1.82, 2.24) is 0 Å². The largest absolute Gasteiger partial charge is 0.325 e. The molecule has 0 bridgehead atoms. The van der Waals surface area contributed by atoms with E-state index in [2.05, 4.69) is 21.2 Å². The summed E-state index contributed by atoms with van der Waals surface area (Å²) in [6, 6.07) is 11.7. The summed E-state index contributed by atoms with van der Waals surface area (Å²) >= 11 is 9.30. The molecular weight excluding hydrogens is 416 g/mol. The standard InChI is InChI=1S/C16H16BrClN2O3S/c1-11-8-13(6-7-15(11)17)19-16(21)10-20(24(2,22)23)14-5-3-4-12(18)9-14/h3-9H,10H2,1-2H3,(H,19,21). The first-order valence-corrected chi connectivity index (χ1v) is 9.98. The van der Waals surface area contributed by atoms with Crippen LogP contribution in [-0.2, 0) is 14.8 Å². The van der Waals surface area contributed by atoms with E-state index in [4.69, 9.17) is 11.6 Å². The molecule has 0 radical (unpaired) electrons. The number of sulfonamides is 1. The number of aryl methyl sites for hydroxylation is 1. The summed E-state index contributed by atoms with van der Waals surface area (Å²) in [4.78, 5) is 12.3. The molecular formula is C16H16BrClN2O3S. The highest BCUT2D eigenvalue weighted by molar-refractivity contribution is 9.10. The first-order chi connectivity index (χ1) is 11.2. The van der Waals surface area contributed by atoms with Gasteiger partial charge in [-0.15, -0.1) is 0 Å². The van der Waals surface area contributed by atoms with Gasteiger partial charge in [0.2, 0.25) is 15.9 Å². The second-order valence-corrected chi connectivity index (χ2v) is 8.46. The van der Waals surface area contributed by atoms with Gasteiger partial charge >= 0.3 is 0 Å². The molecule has 0 aliphatic rings. The number of halogens is 2. The van der Waals surface area contributed by atoms with Gasteiger partial charge in [0.15, 0.2) is 0 Å². The normalized spacial score (nSPS) is 11.2. The van der Waals surface area contributed by atoms with Crippen molar-refractivity contribution in [2.75, 3.05) is 22.4 Å². The van der Waals surface area contributed by atoms with Gasteiger partial charge < -0.3 is 5.32 Å². The Morgan fingerprint density at radius 1 is 1.25 bits per heavy atom. The fourth-order valence-electron chi connectivity index (χ4n) is 2.08. The number of anilines is 2. The maximum Gasteiger partial charge on any atom is 0.245 e. The molecule has 5 nitrogen and oxygen atoms in total. The second-order valence-electron chi connectivity index (χ2n) is 5.26. The quantitative estimate of drug-likeness (QED) is 0.783. The van der Waals surface area contributed by atoms with Gasteiger partial charge in [-0.3, -0.25) is 9.10 Å². The molecule has 2 rings (SSSR count). The SMILES string of the molecule is Cc1cc(NC(=O)CN(c2cccc(Cl)c2)S(C)(=O)=O)ccc1Br. The lowest BCUT2D eigenvalue weighted by molar-refractivity contribution is -0.114. The van der Waals surface area contributed by atoms with Crippen molar-refractivity contribution in [1.29, 1.82) is 0 Å². The maximum absolute atomic E-state index is 12.3. The van der Waals surface area contributed by atoms with Crippen LogP contribution in [0.15, 0.2) is 46.9 Å². The molecule has 1 amide bonds. The number of hydrogen-bond donors (Lipinski definition) is 1. The number of nitrogens with zero attached hydrogens (tertiary/aromatic N) is 1. The molecule has 128 valence electrons. The fourth-order valence-corrected chi connectivity index (χ4v) is 3.36. The zero-order chi connectivity index (χ0) is 17.9. The van der Waals surface area contributed by atoms with Crippen LogP contribution in [0.2, 0.25) is 5.02 Å². The minimum absolute atomic E-state index is 0.339. The van der Waals surface area contributed by atoms with E-state index in [9.17, 15) is 13.2 Å². The zero-order valence-electron chi connectivity index (χ0n) is 13.1. The highest BCUT2D eigenvalue weighted by Crippen LogP contribution is 2.23. The van der Waals surface area contributed by atoms with Gasteiger partial charge in [0.25, 0.3) is 0 Å². The van der Waals surface area contributed by atoms with Gasteiger partial charge in [0, 0.05) is 15.2 Å². The molecule has 1 N–H and O–H groups in total. The molecule has 0 atom stereocenters. The summed E-state index contributed by atoms with van der Waals surface area (Å²) in [6.07, 6.45) is 1.05. The van der Waals surface area contributed by atoms with Gasteiger partial charge in [0.05, 0.1) is 11.9 Å². The Labute approximate surface area is 154 Å². The number of carbonyl (C=O) groups excluding carboxylic acids is 1. The first kappa shape index (κ1) is 18.8. The summed E-state index contributed by atoms with van der Waals surface area (Å²) < 4.78 is 26.0. The maximum atomic E-state index is 12.3. The van der Waals surface area contributed by atoms with Crippen LogP contribution in [0.25, 0.3) is 0 Å². The van der Waals surface area contributed by atoms with Crippen LogP contribution in [0.4, 0.5) is 11.4 Å². The van der Waals surface area contributed by atoms with Crippen molar-refractivity contribution in [3.05, 3.63) is 57.5 Å². The molecule has 0 saturated carbocycles. The lowest BCUT2D eigenvalue weighted by atomic mass is 10.2. The molecule has 0 heterocycles. The third-order valence-corrected chi connectivity index (χ3v) is 5.49. The molecule has 2 aromatic carbocycles. The predicted molar refractivity (Wildman–Crippen MR) is 101 cm³/mol. The van der Waals surface area contributed by atoms with E-state index in [1.165, 1.54) is 6.07 Å². The van der Waals surface area contributed by atoms with Crippen molar-refractivity contribution in [3.8, 4) is 0 Å². The second kappa shape index (κ2) is 7.55. The van der Waals surface area contributed by atoms with Crippen LogP contribution in [0, 0.1) is 6.92 Å². The Hall–Kier alpha value is -1.57. The van der Waals surface area contributed by atoms with Crippen LogP contribution < -0.4 is 9.62 Å². The van der Waals surface area contributed by atoms with Crippen LogP contribution in [0.5, 0.6) is 0 Å². The minimum atomic E-state index is -3.63. The first-order valence-electron chi connectivity index (χ1n) is 6.96. The molecule has 0 aliphatic carbocycles. The third-order valence-electron chi connectivity index (χ3n) is 3.23. The molecule has 0 unspecified atom stereocenters. The van der Waals surface area contributed by atoms with E-state index >= 15 is 0 Å². The number of nitrogens with one attached hydrogen (secondary N) is 1. The van der Waals surface area contributed by atoms with E-state index in [1.807, 2.05) is 13.0 Å². The number of benzene rings is 2. The van der Waals surface area contributed by atoms with Crippen molar-refractivity contribution in [3.63, 3.8) is 0 Å². The highest BCUT2D eigenvalue weighted by atomic mass is 79.9. The van der Waals surface area contributed by atoms with Crippen LogP contribution >= 0.6 is 27.5 Å². The highest BCUT2D eigenvalue weighted by Gasteiger charge is 2.21. The summed E-state index contributed by atoms with van der Waals surface area (Å²) in [5, 5.41) is 3.09. The average Bonchev–Trinajstić information content (AvgIpc) is 2.47. The van der Waals surface area contributed by atoms with Gasteiger partial charge in [-0.1, -0.05) is 33.6 Å². The number of carbonyl (C=O) groups is 1. The van der Waals surface area contributed by atoms with Crippen LogP contribution in [-0.4, -0.2) is 27.1 Å². The molecule has 0 aromatic heterocycles. The van der Waals surface area contributed by atoms with E-state index in [1.54, 1.807) is 30.3 Å². The minimum Gasteiger partial charge on any atom is -0.325 e.